The van der Waals surface area contributed by atoms with Crippen LogP contribution in [0.1, 0.15) is 11.1 Å². The molecule has 0 aromatic heterocycles. The quantitative estimate of drug-likeness (QED) is 0.702. The summed E-state index contributed by atoms with van der Waals surface area (Å²) in [7, 11) is 1.56. The maximum Gasteiger partial charge on any atom is 0.165 e. The first kappa shape index (κ1) is 15.1. The van der Waals surface area contributed by atoms with Gasteiger partial charge in [-0.2, -0.15) is 0 Å². The molecule has 0 aliphatic rings. The normalized spacial score (nSPS) is 10.4. The van der Waals surface area contributed by atoms with Crippen molar-refractivity contribution in [1.82, 2.24) is 0 Å². The molecule has 0 saturated carbocycles. The Hall–Kier alpha value is -1.26. The highest BCUT2D eigenvalue weighted by Crippen LogP contribution is 2.36. The minimum absolute atomic E-state index is 0.265. The van der Waals surface area contributed by atoms with Crippen LogP contribution < -0.4 is 9.47 Å². The van der Waals surface area contributed by atoms with Crippen molar-refractivity contribution in [1.29, 1.82) is 0 Å². The summed E-state index contributed by atoms with van der Waals surface area (Å²) in [4.78, 5) is 0. The van der Waals surface area contributed by atoms with Crippen molar-refractivity contribution in [3.63, 3.8) is 0 Å². The summed E-state index contributed by atoms with van der Waals surface area (Å²) < 4.78 is 23.9. The van der Waals surface area contributed by atoms with E-state index in [4.69, 9.17) is 21.1 Å². The molecule has 2 rings (SSSR count). The first-order valence-electron chi connectivity index (χ1n) is 5.93. The van der Waals surface area contributed by atoms with Crippen molar-refractivity contribution in [2.45, 2.75) is 11.9 Å². The molecule has 5 heteroatoms. The largest absolute Gasteiger partial charge is 0.493 e. The van der Waals surface area contributed by atoms with E-state index >= 15 is 0 Å². The van der Waals surface area contributed by atoms with Crippen molar-refractivity contribution >= 4 is 27.5 Å². The number of rotatable bonds is 5. The van der Waals surface area contributed by atoms with Gasteiger partial charge in [0.2, 0.25) is 0 Å². The molecular weight excluding hydrogens is 347 g/mol. The number of ether oxygens (including phenoxy) is 2. The maximum absolute atomic E-state index is 12.9. The minimum atomic E-state index is -0.265. The van der Waals surface area contributed by atoms with Gasteiger partial charge in [0, 0.05) is 22.0 Å². The number of hydrogen-bond donors (Lipinski definition) is 0. The summed E-state index contributed by atoms with van der Waals surface area (Å²) in [5.74, 6) is 0.950. The van der Waals surface area contributed by atoms with Crippen molar-refractivity contribution < 1.29 is 13.9 Å². The van der Waals surface area contributed by atoms with E-state index in [-0.39, 0.29) is 5.82 Å². The molecule has 0 aliphatic carbocycles. The Kier molecular flexibility index (Phi) is 5.26. The van der Waals surface area contributed by atoms with Gasteiger partial charge in [0.25, 0.3) is 0 Å². The van der Waals surface area contributed by atoms with E-state index in [1.807, 2.05) is 6.07 Å². The van der Waals surface area contributed by atoms with Crippen LogP contribution in [0.25, 0.3) is 0 Å². The second kappa shape index (κ2) is 6.95. The molecule has 0 unspecified atom stereocenters. The molecule has 0 N–H and O–H groups in total. The smallest absolute Gasteiger partial charge is 0.165 e. The van der Waals surface area contributed by atoms with E-state index < -0.39 is 0 Å². The second-order valence-electron chi connectivity index (χ2n) is 4.15. The lowest BCUT2D eigenvalue weighted by Crippen LogP contribution is -2.00. The molecular formula is C15H13BrClFO2. The SMILES string of the molecule is COc1cc(Cl)cc(CBr)c1OCc1ccc(F)cc1. The molecule has 2 aromatic carbocycles. The van der Waals surface area contributed by atoms with Gasteiger partial charge in [-0.3, -0.25) is 0 Å². The van der Waals surface area contributed by atoms with Crippen LogP contribution in [0.2, 0.25) is 5.02 Å². The highest BCUT2D eigenvalue weighted by molar-refractivity contribution is 9.08. The van der Waals surface area contributed by atoms with Crippen molar-refractivity contribution in [2.75, 3.05) is 7.11 Å². The molecule has 2 nitrogen and oxygen atoms in total. The average molecular weight is 360 g/mol. The molecule has 106 valence electrons. The van der Waals surface area contributed by atoms with Crippen molar-refractivity contribution in [3.05, 3.63) is 58.4 Å². The number of benzene rings is 2. The third kappa shape index (κ3) is 3.64. The van der Waals surface area contributed by atoms with Gasteiger partial charge >= 0.3 is 0 Å². The molecule has 0 heterocycles. The molecule has 0 spiro atoms. The summed E-state index contributed by atoms with van der Waals surface area (Å²) in [5, 5.41) is 1.19. The number of alkyl halides is 1. The monoisotopic (exact) mass is 358 g/mol. The minimum Gasteiger partial charge on any atom is -0.493 e. The standard InChI is InChI=1S/C15H13BrClFO2/c1-19-14-7-12(17)6-11(8-16)15(14)20-9-10-2-4-13(18)5-3-10/h2-7H,8-9H2,1H3. The van der Waals surface area contributed by atoms with Gasteiger partial charge in [-0.25, -0.2) is 4.39 Å². The maximum atomic E-state index is 12.9. The van der Waals surface area contributed by atoms with Gasteiger partial charge in [0.1, 0.15) is 12.4 Å². The van der Waals surface area contributed by atoms with Crippen molar-refractivity contribution in [3.8, 4) is 11.5 Å². The fourth-order valence-electron chi connectivity index (χ4n) is 1.77. The zero-order valence-electron chi connectivity index (χ0n) is 10.8. The summed E-state index contributed by atoms with van der Waals surface area (Å²) >= 11 is 9.41. The molecule has 2 aromatic rings. The highest BCUT2D eigenvalue weighted by atomic mass is 79.9. The Morgan fingerprint density at radius 1 is 1.20 bits per heavy atom. The third-order valence-corrected chi connectivity index (χ3v) is 3.58. The number of hydrogen-bond acceptors (Lipinski definition) is 2. The van der Waals surface area contributed by atoms with Crippen molar-refractivity contribution in [2.24, 2.45) is 0 Å². The van der Waals surface area contributed by atoms with E-state index in [9.17, 15) is 4.39 Å². The molecule has 0 atom stereocenters. The van der Waals surface area contributed by atoms with Crippen LogP contribution in [0.15, 0.2) is 36.4 Å². The van der Waals surface area contributed by atoms with Crippen LogP contribution >= 0.6 is 27.5 Å². The van der Waals surface area contributed by atoms with Crippen LogP contribution in [-0.2, 0) is 11.9 Å². The highest BCUT2D eigenvalue weighted by Gasteiger charge is 2.12. The van der Waals surface area contributed by atoms with Crippen LogP contribution in [0.5, 0.6) is 11.5 Å². The van der Waals surface area contributed by atoms with Crippen LogP contribution in [0.3, 0.4) is 0 Å². The van der Waals surface area contributed by atoms with Gasteiger partial charge < -0.3 is 9.47 Å². The molecule has 0 amide bonds. The van der Waals surface area contributed by atoms with Crippen LogP contribution in [-0.4, -0.2) is 7.11 Å². The third-order valence-electron chi connectivity index (χ3n) is 2.76. The van der Waals surface area contributed by atoms with Gasteiger partial charge in [0.15, 0.2) is 11.5 Å². The summed E-state index contributed by atoms with van der Waals surface area (Å²) in [6.45, 7) is 0.332. The van der Waals surface area contributed by atoms with E-state index in [1.54, 1.807) is 25.3 Å². The van der Waals surface area contributed by atoms with Gasteiger partial charge in [0.05, 0.1) is 7.11 Å². The average Bonchev–Trinajstić information content (AvgIpc) is 2.46. The molecule has 0 fully saturated rings. The molecule has 0 aliphatic heterocycles. The first-order valence-corrected chi connectivity index (χ1v) is 7.43. The van der Waals surface area contributed by atoms with E-state index in [1.165, 1.54) is 12.1 Å². The number of methoxy groups -OCH3 is 1. The molecule has 20 heavy (non-hydrogen) atoms. The van der Waals surface area contributed by atoms with E-state index in [0.29, 0.717) is 28.5 Å². The first-order chi connectivity index (χ1) is 9.63. The Bertz CT molecular complexity index is 562. The predicted molar refractivity (Wildman–Crippen MR) is 81.4 cm³/mol. The predicted octanol–water partition coefficient (Wildman–Crippen LogP) is 4.96. The Morgan fingerprint density at radius 3 is 2.50 bits per heavy atom. The van der Waals surface area contributed by atoms with Crippen LogP contribution in [0.4, 0.5) is 4.39 Å². The molecule has 0 bridgehead atoms. The Balaban J connectivity index is 2.21. The molecule has 0 radical (unpaired) electrons. The zero-order valence-corrected chi connectivity index (χ0v) is 13.2. The van der Waals surface area contributed by atoms with Gasteiger partial charge in [-0.05, 0) is 23.8 Å². The Morgan fingerprint density at radius 2 is 1.90 bits per heavy atom. The lowest BCUT2D eigenvalue weighted by Gasteiger charge is -2.14. The summed E-state index contributed by atoms with van der Waals surface area (Å²) in [5.41, 5.74) is 1.78. The fraction of sp³-hybridized carbons (Fsp3) is 0.200. The molecule has 0 saturated heterocycles. The lowest BCUT2D eigenvalue weighted by molar-refractivity contribution is 0.282. The summed E-state index contributed by atoms with van der Waals surface area (Å²) in [6.07, 6.45) is 0. The topological polar surface area (TPSA) is 18.5 Å². The van der Waals surface area contributed by atoms with E-state index in [2.05, 4.69) is 15.9 Å². The number of halogens is 3. The van der Waals surface area contributed by atoms with Crippen LogP contribution in [0, 0.1) is 5.82 Å². The van der Waals surface area contributed by atoms with E-state index in [0.717, 1.165) is 11.1 Å². The van der Waals surface area contributed by atoms with Gasteiger partial charge in [-0.15, -0.1) is 0 Å². The fourth-order valence-corrected chi connectivity index (χ4v) is 2.42. The van der Waals surface area contributed by atoms with Gasteiger partial charge in [-0.1, -0.05) is 39.7 Å². The Labute approximate surface area is 130 Å². The zero-order chi connectivity index (χ0) is 14.5. The lowest BCUT2D eigenvalue weighted by atomic mass is 10.2. The second-order valence-corrected chi connectivity index (χ2v) is 5.14. The summed E-state index contributed by atoms with van der Waals surface area (Å²) in [6, 6.07) is 9.70.